The zero-order chi connectivity index (χ0) is 13.7. The summed E-state index contributed by atoms with van der Waals surface area (Å²) < 4.78 is 18.7. The summed E-state index contributed by atoms with van der Waals surface area (Å²) in [6.45, 7) is -0.163. The number of halogens is 2. The molecule has 1 aromatic carbocycles. The molecule has 1 aromatic heterocycles. The number of nitrogens with zero attached hydrogens (tertiary/aromatic N) is 1. The molecule has 1 N–H and O–H groups in total. The number of hydrogen-bond acceptors (Lipinski definition) is 3. The molecule has 0 radical (unpaired) electrons. The van der Waals surface area contributed by atoms with Crippen LogP contribution >= 0.6 is 15.9 Å². The summed E-state index contributed by atoms with van der Waals surface area (Å²) in [4.78, 5) is 15.0. The van der Waals surface area contributed by atoms with Gasteiger partial charge in [0, 0.05) is 10.2 Å². The van der Waals surface area contributed by atoms with Crippen molar-refractivity contribution in [2.45, 2.75) is 0 Å². The third-order valence-electron chi connectivity index (χ3n) is 2.20. The number of ether oxygens (including phenoxy) is 1. The summed E-state index contributed by atoms with van der Waals surface area (Å²) in [6.07, 6.45) is 1.22. The molecule has 0 spiro atoms. The van der Waals surface area contributed by atoms with E-state index in [2.05, 4.69) is 26.2 Å². The van der Waals surface area contributed by atoms with Crippen LogP contribution in [0.3, 0.4) is 0 Å². The van der Waals surface area contributed by atoms with Gasteiger partial charge in [0.15, 0.2) is 6.61 Å². The first-order chi connectivity index (χ1) is 9.13. The fourth-order valence-electron chi connectivity index (χ4n) is 1.33. The van der Waals surface area contributed by atoms with Gasteiger partial charge in [0.1, 0.15) is 5.75 Å². The Labute approximate surface area is 117 Å². The molecule has 6 heteroatoms. The molecule has 0 atom stereocenters. The first-order valence-electron chi connectivity index (χ1n) is 5.43. The van der Waals surface area contributed by atoms with E-state index in [4.69, 9.17) is 4.74 Å². The van der Waals surface area contributed by atoms with E-state index < -0.39 is 5.95 Å². The summed E-state index contributed by atoms with van der Waals surface area (Å²) >= 11 is 3.30. The number of hydrogen-bond donors (Lipinski definition) is 1. The molecule has 4 nitrogen and oxygen atoms in total. The number of carbonyl (C=O) groups is 1. The molecule has 0 fully saturated rings. The van der Waals surface area contributed by atoms with Crippen LogP contribution in [0.1, 0.15) is 0 Å². The van der Waals surface area contributed by atoms with Gasteiger partial charge in [-0.15, -0.1) is 0 Å². The Balaban J connectivity index is 1.84. The van der Waals surface area contributed by atoms with E-state index in [-0.39, 0.29) is 12.5 Å². The van der Waals surface area contributed by atoms with Crippen LogP contribution in [0, 0.1) is 5.95 Å². The van der Waals surface area contributed by atoms with Crippen LogP contribution in [-0.2, 0) is 4.79 Å². The van der Waals surface area contributed by atoms with Gasteiger partial charge >= 0.3 is 0 Å². The van der Waals surface area contributed by atoms with Gasteiger partial charge in [-0.3, -0.25) is 4.79 Å². The van der Waals surface area contributed by atoms with Crippen molar-refractivity contribution < 1.29 is 13.9 Å². The quantitative estimate of drug-likeness (QED) is 0.879. The normalized spacial score (nSPS) is 10.0. The summed E-state index contributed by atoms with van der Waals surface area (Å²) in [6, 6.07) is 9.75. The maximum atomic E-state index is 12.6. The smallest absolute Gasteiger partial charge is 0.262 e. The van der Waals surface area contributed by atoms with Crippen molar-refractivity contribution in [3.05, 3.63) is 53.0 Å². The highest BCUT2D eigenvalue weighted by Crippen LogP contribution is 2.14. The number of aromatic nitrogens is 1. The molecule has 1 amide bonds. The zero-order valence-corrected chi connectivity index (χ0v) is 11.4. The lowest BCUT2D eigenvalue weighted by atomic mass is 10.3. The van der Waals surface area contributed by atoms with E-state index >= 15 is 0 Å². The zero-order valence-electron chi connectivity index (χ0n) is 9.77. The second kappa shape index (κ2) is 6.29. The number of nitrogens with one attached hydrogen (secondary N) is 1. The maximum Gasteiger partial charge on any atom is 0.262 e. The Hall–Kier alpha value is -1.95. The van der Waals surface area contributed by atoms with Crippen molar-refractivity contribution in [3.63, 3.8) is 0 Å². The molecule has 19 heavy (non-hydrogen) atoms. The Morgan fingerprint density at radius 3 is 2.63 bits per heavy atom. The van der Waals surface area contributed by atoms with Crippen LogP contribution in [0.4, 0.5) is 10.1 Å². The second-order valence-corrected chi connectivity index (χ2v) is 4.58. The van der Waals surface area contributed by atoms with Crippen LogP contribution in [0.25, 0.3) is 0 Å². The predicted molar refractivity (Wildman–Crippen MR) is 72.5 cm³/mol. The van der Waals surface area contributed by atoms with E-state index in [1.807, 2.05) is 12.1 Å². The van der Waals surface area contributed by atoms with Crippen molar-refractivity contribution in [1.29, 1.82) is 0 Å². The van der Waals surface area contributed by atoms with Crippen molar-refractivity contribution in [1.82, 2.24) is 4.98 Å². The fraction of sp³-hybridized carbons (Fsp3) is 0.0769. The Morgan fingerprint density at radius 2 is 2.00 bits per heavy atom. The minimum Gasteiger partial charge on any atom is -0.482 e. The minimum atomic E-state index is -0.591. The molecule has 0 bridgehead atoms. The Bertz CT molecular complexity index is 558. The van der Waals surface area contributed by atoms with Crippen molar-refractivity contribution in [2.24, 2.45) is 0 Å². The SMILES string of the molecule is O=C(COc1ccc(F)nc1)Nc1ccc(Br)cc1. The lowest BCUT2D eigenvalue weighted by Gasteiger charge is -2.07. The van der Waals surface area contributed by atoms with E-state index in [0.717, 1.165) is 4.47 Å². The largest absolute Gasteiger partial charge is 0.482 e. The van der Waals surface area contributed by atoms with Gasteiger partial charge in [0.2, 0.25) is 5.95 Å². The molecule has 0 aliphatic carbocycles. The molecule has 2 rings (SSSR count). The van der Waals surface area contributed by atoms with Crippen LogP contribution in [0.2, 0.25) is 0 Å². The van der Waals surface area contributed by atoms with Gasteiger partial charge in [0.05, 0.1) is 6.20 Å². The second-order valence-electron chi connectivity index (χ2n) is 3.66. The maximum absolute atomic E-state index is 12.6. The van der Waals surface area contributed by atoms with Gasteiger partial charge in [-0.05, 0) is 36.4 Å². The summed E-state index contributed by atoms with van der Waals surface area (Å²) in [5.41, 5.74) is 0.675. The van der Waals surface area contributed by atoms with Crippen molar-refractivity contribution in [3.8, 4) is 5.75 Å². The third-order valence-corrected chi connectivity index (χ3v) is 2.73. The molecular formula is C13H10BrFN2O2. The minimum absolute atomic E-state index is 0.163. The highest BCUT2D eigenvalue weighted by atomic mass is 79.9. The molecule has 0 saturated heterocycles. The topological polar surface area (TPSA) is 51.2 Å². The first-order valence-corrected chi connectivity index (χ1v) is 6.22. The monoisotopic (exact) mass is 324 g/mol. The number of amides is 1. The lowest BCUT2D eigenvalue weighted by molar-refractivity contribution is -0.118. The molecule has 98 valence electrons. The summed E-state index contributed by atoms with van der Waals surface area (Å²) in [5, 5.41) is 2.67. The van der Waals surface area contributed by atoms with Crippen LogP contribution in [0.5, 0.6) is 5.75 Å². The predicted octanol–water partition coefficient (Wildman–Crippen LogP) is 3.00. The molecule has 0 saturated carbocycles. The molecular weight excluding hydrogens is 315 g/mol. The first kappa shape index (κ1) is 13.5. The number of pyridine rings is 1. The highest BCUT2D eigenvalue weighted by molar-refractivity contribution is 9.10. The number of carbonyl (C=O) groups excluding carboxylic acids is 1. The van der Waals surface area contributed by atoms with Gasteiger partial charge in [0.25, 0.3) is 5.91 Å². The van der Waals surface area contributed by atoms with Gasteiger partial charge in [-0.25, -0.2) is 4.98 Å². The number of rotatable bonds is 4. The van der Waals surface area contributed by atoms with E-state index in [1.54, 1.807) is 12.1 Å². The van der Waals surface area contributed by atoms with Crippen molar-refractivity contribution in [2.75, 3.05) is 11.9 Å². The number of benzene rings is 1. The molecule has 0 aliphatic heterocycles. The van der Waals surface area contributed by atoms with Gasteiger partial charge < -0.3 is 10.1 Å². The summed E-state index contributed by atoms with van der Waals surface area (Å²) in [7, 11) is 0. The third kappa shape index (κ3) is 4.33. The fourth-order valence-corrected chi connectivity index (χ4v) is 1.59. The molecule has 0 unspecified atom stereocenters. The van der Waals surface area contributed by atoms with E-state index in [0.29, 0.717) is 11.4 Å². The molecule has 1 heterocycles. The van der Waals surface area contributed by atoms with E-state index in [1.165, 1.54) is 18.3 Å². The lowest BCUT2D eigenvalue weighted by Crippen LogP contribution is -2.20. The van der Waals surface area contributed by atoms with Crippen LogP contribution in [-0.4, -0.2) is 17.5 Å². The molecule has 0 aliphatic rings. The molecule has 2 aromatic rings. The average Bonchev–Trinajstić information content (AvgIpc) is 2.41. The van der Waals surface area contributed by atoms with E-state index in [9.17, 15) is 9.18 Å². The van der Waals surface area contributed by atoms with Gasteiger partial charge in [-0.2, -0.15) is 4.39 Å². The standard InChI is InChI=1S/C13H10BrFN2O2/c14-9-1-3-10(4-2-9)17-13(18)8-19-11-5-6-12(15)16-7-11/h1-7H,8H2,(H,17,18). The highest BCUT2D eigenvalue weighted by Gasteiger charge is 2.04. The van der Waals surface area contributed by atoms with Crippen LogP contribution in [0.15, 0.2) is 47.1 Å². The Morgan fingerprint density at radius 1 is 1.26 bits per heavy atom. The number of anilines is 1. The summed E-state index contributed by atoms with van der Waals surface area (Å²) in [5.74, 6) is -0.550. The average molecular weight is 325 g/mol. The van der Waals surface area contributed by atoms with Crippen molar-refractivity contribution >= 4 is 27.5 Å². The van der Waals surface area contributed by atoms with Gasteiger partial charge in [-0.1, -0.05) is 15.9 Å². The Kier molecular flexibility index (Phi) is 4.46. The van der Waals surface area contributed by atoms with Crippen LogP contribution < -0.4 is 10.1 Å².